The van der Waals surface area contributed by atoms with E-state index < -0.39 is 11.7 Å². The fraction of sp³-hybridized carbons (Fsp3) is 0.562. The summed E-state index contributed by atoms with van der Waals surface area (Å²) in [6.45, 7) is 7.28. The Kier molecular flexibility index (Phi) is 4.02. The summed E-state index contributed by atoms with van der Waals surface area (Å²) in [7, 11) is 0. The van der Waals surface area contributed by atoms with Crippen LogP contribution in [-0.2, 0) is 4.74 Å². The molecule has 4 heteroatoms. The van der Waals surface area contributed by atoms with E-state index in [-0.39, 0.29) is 11.9 Å². The number of ether oxygens (including phenoxy) is 1. The Hall–Kier alpha value is -1.58. The molecule has 1 amide bonds. The van der Waals surface area contributed by atoms with E-state index >= 15 is 0 Å². The van der Waals surface area contributed by atoms with Crippen LogP contribution in [0.5, 0.6) is 0 Å². The largest absolute Gasteiger partial charge is 0.444 e. The number of benzene rings is 1. The first-order valence-electron chi connectivity index (χ1n) is 7.02. The third-order valence-corrected chi connectivity index (χ3v) is 3.26. The lowest BCUT2D eigenvalue weighted by atomic mass is 10.0. The van der Waals surface area contributed by atoms with E-state index in [1.807, 2.05) is 33.8 Å². The van der Waals surface area contributed by atoms with Crippen LogP contribution in [0.15, 0.2) is 18.2 Å². The van der Waals surface area contributed by atoms with Gasteiger partial charge in [0.2, 0.25) is 0 Å². The number of rotatable bonds is 3. The van der Waals surface area contributed by atoms with Gasteiger partial charge in [-0.15, -0.1) is 0 Å². The van der Waals surface area contributed by atoms with Crippen molar-refractivity contribution >= 4 is 6.09 Å². The molecule has 0 radical (unpaired) electrons. The highest BCUT2D eigenvalue weighted by atomic mass is 19.1. The van der Waals surface area contributed by atoms with Crippen molar-refractivity contribution in [2.24, 2.45) is 5.92 Å². The highest BCUT2D eigenvalue weighted by molar-refractivity contribution is 5.68. The summed E-state index contributed by atoms with van der Waals surface area (Å²) in [5.41, 5.74) is 0.867. The Balaban J connectivity index is 2.13. The second-order valence-electron chi connectivity index (χ2n) is 6.49. The zero-order valence-electron chi connectivity index (χ0n) is 12.5. The molecule has 3 nitrogen and oxygen atoms in total. The predicted octanol–water partition coefficient (Wildman–Crippen LogP) is 4.11. The molecule has 0 spiro atoms. The minimum Gasteiger partial charge on any atom is -0.444 e. The van der Waals surface area contributed by atoms with Crippen LogP contribution in [0, 0.1) is 18.7 Å². The second-order valence-corrected chi connectivity index (χ2v) is 6.49. The van der Waals surface area contributed by atoms with E-state index in [0.717, 1.165) is 18.4 Å². The molecular formula is C16H22FNO2. The third kappa shape index (κ3) is 3.95. The monoisotopic (exact) mass is 279 g/mol. The number of carbonyl (C=O) groups is 1. The number of halogens is 1. The Labute approximate surface area is 119 Å². The second kappa shape index (κ2) is 5.43. The molecule has 1 aromatic carbocycles. The van der Waals surface area contributed by atoms with Crippen LogP contribution in [0.3, 0.4) is 0 Å². The lowest BCUT2D eigenvalue weighted by molar-refractivity contribution is 0.0496. The van der Waals surface area contributed by atoms with E-state index in [0.29, 0.717) is 11.5 Å². The van der Waals surface area contributed by atoms with Crippen molar-refractivity contribution in [1.82, 2.24) is 5.32 Å². The Bertz CT molecular complexity index is 504. The molecule has 1 N–H and O–H groups in total. The van der Waals surface area contributed by atoms with Gasteiger partial charge in [0.05, 0.1) is 6.04 Å². The van der Waals surface area contributed by atoms with Crippen LogP contribution in [0.25, 0.3) is 0 Å². The Morgan fingerprint density at radius 2 is 2.05 bits per heavy atom. The Morgan fingerprint density at radius 3 is 2.55 bits per heavy atom. The van der Waals surface area contributed by atoms with Gasteiger partial charge in [0.15, 0.2) is 0 Å². The summed E-state index contributed by atoms with van der Waals surface area (Å²) in [5, 5.41) is 2.81. The molecule has 1 aliphatic rings. The molecule has 0 heterocycles. The molecule has 1 saturated carbocycles. The van der Waals surface area contributed by atoms with Crippen molar-refractivity contribution in [2.75, 3.05) is 0 Å². The smallest absolute Gasteiger partial charge is 0.408 e. The van der Waals surface area contributed by atoms with Crippen LogP contribution in [-0.4, -0.2) is 11.7 Å². The molecule has 1 aromatic rings. The SMILES string of the molecule is Cc1ccc(C(NC(=O)OC(C)(C)C)C2CC2)c(F)c1. The summed E-state index contributed by atoms with van der Waals surface area (Å²) in [6.07, 6.45) is 1.52. The zero-order valence-corrected chi connectivity index (χ0v) is 12.5. The van der Waals surface area contributed by atoms with E-state index in [4.69, 9.17) is 4.74 Å². The first-order valence-corrected chi connectivity index (χ1v) is 7.02. The van der Waals surface area contributed by atoms with Crippen LogP contribution in [0.1, 0.15) is 50.8 Å². The minimum absolute atomic E-state index is 0.266. The number of amides is 1. The van der Waals surface area contributed by atoms with Gasteiger partial charge in [0.1, 0.15) is 11.4 Å². The number of hydrogen-bond acceptors (Lipinski definition) is 2. The molecule has 1 fully saturated rings. The molecule has 110 valence electrons. The molecule has 0 bridgehead atoms. The highest BCUT2D eigenvalue weighted by Gasteiger charge is 2.35. The topological polar surface area (TPSA) is 38.3 Å². The maximum absolute atomic E-state index is 14.1. The van der Waals surface area contributed by atoms with E-state index in [2.05, 4.69) is 5.32 Å². The van der Waals surface area contributed by atoms with Gasteiger partial charge in [-0.3, -0.25) is 0 Å². The van der Waals surface area contributed by atoms with E-state index in [9.17, 15) is 9.18 Å². The van der Waals surface area contributed by atoms with Crippen molar-refractivity contribution < 1.29 is 13.9 Å². The van der Waals surface area contributed by atoms with Crippen molar-refractivity contribution in [2.45, 2.75) is 52.2 Å². The van der Waals surface area contributed by atoms with Crippen molar-refractivity contribution in [3.63, 3.8) is 0 Å². The predicted molar refractivity (Wildman–Crippen MR) is 76.0 cm³/mol. The maximum atomic E-state index is 14.1. The summed E-state index contributed by atoms with van der Waals surface area (Å²) >= 11 is 0. The summed E-state index contributed by atoms with van der Waals surface area (Å²) in [4.78, 5) is 11.9. The quantitative estimate of drug-likeness (QED) is 0.904. The fourth-order valence-electron chi connectivity index (χ4n) is 2.20. The lowest BCUT2D eigenvalue weighted by Gasteiger charge is -2.24. The fourth-order valence-corrected chi connectivity index (χ4v) is 2.20. The first-order chi connectivity index (χ1) is 9.26. The first kappa shape index (κ1) is 14.8. The van der Waals surface area contributed by atoms with E-state index in [1.165, 1.54) is 6.07 Å². The number of carbonyl (C=O) groups excluding carboxylic acids is 1. The van der Waals surface area contributed by atoms with Gasteiger partial charge < -0.3 is 10.1 Å². The number of nitrogens with one attached hydrogen (secondary N) is 1. The van der Waals surface area contributed by atoms with Crippen LogP contribution in [0.2, 0.25) is 0 Å². The van der Waals surface area contributed by atoms with Gasteiger partial charge in [0, 0.05) is 5.56 Å². The van der Waals surface area contributed by atoms with E-state index in [1.54, 1.807) is 6.07 Å². The van der Waals surface area contributed by atoms with Crippen molar-refractivity contribution in [1.29, 1.82) is 0 Å². The van der Waals surface area contributed by atoms with Gasteiger partial charge in [0.25, 0.3) is 0 Å². The third-order valence-electron chi connectivity index (χ3n) is 3.26. The molecule has 1 atom stereocenters. The molecule has 2 rings (SSSR count). The molecule has 20 heavy (non-hydrogen) atoms. The lowest BCUT2D eigenvalue weighted by Crippen LogP contribution is -2.36. The maximum Gasteiger partial charge on any atom is 0.408 e. The molecular weight excluding hydrogens is 257 g/mol. The van der Waals surface area contributed by atoms with Gasteiger partial charge in [-0.25, -0.2) is 9.18 Å². The molecule has 0 saturated heterocycles. The summed E-state index contributed by atoms with van der Waals surface area (Å²) in [5.74, 6) is 0.0395. The zero-order chi connectivity index (χ0) is 14.9. The average Bonchev–Trinajstić information content (AvgIpc) is 3.07. The van der Waals surface area contributed by atoms with Crippen LogP contribution >= 0.6 is 0 Å². The van der Waals surface area contributed by atoms with Crippen molar-refractivity contribution in [3.05, 3.63) is 35.1 Å². The molecule has 0 aliphatic heterocycles. The van der Waals surface area contributed by atoms with Crippen LogP contribution in [0.4, 0.5) is 9.18 Å². The number of hydrogen-bond donors (Lipinski definition) is 1. The summed E-state index contributed by atoms with van der Waals surface area (Å²) in [6, 6.07) is 4.82. The Morgan fingerprint density at radius 1 is 1.40 bits per heavy atom. The molecule has 0 aromatic heterocycles. The van der Waals surface area contributed by atoms with Gasteiger partial charge in [-0.1, -0.05) is 12.1 Å². The van der Waals surface area contributed by atoms with Gasteiger partial charge in [-0.2, -0.15) is 0 Å². The molecule has 1 aliphatic carbocycles. The average molecular weight is 279 g/mol. The van der Waals surface area contributed by atoms with Crippen LogP contribution < -0.4 is 5.32 Å². The number of alkyl carbamates (subject to hydrolysis) is 1. The van der Waals surface area contributed by atoms with Gasteiger partial charge in [-0.05, 0) is 58.1 Å². The number of aryl methyl sites for hydroxylation is 1. The normalized spacial score (nSPS) is 16.6. The standard InChI is InChI=1S/C16H22FNO2/c1-10-5-8-12(13(17)9-10)14(11-6-7-11)18-15(19)20-16(2,3)4/h5,8-9,11,14H,6-7H2,1-4H3,(H,18,19). The summed E-state index contributed by atoms with van der Waals surface area (Å²) < 4.78 is 19.3. The molecule has 1 unspecified atom stereocenters. The van der Waals surface area contributed by atoms with Gasteiger partial charge >= 0.3 is 6.09 Å². The van der Waals surface area contributed by atoms with Crippen molar-refractivity contribution in [3.8, 4) is 0 Å². The minimum atomic E-state index is -0.552. The highest BCUT2D eigenvalue weighted by Crippen LogP contribution is 2.41.